The molecule has 1 atom stereocenters. The predicted molar refractivity (Wildman–Crippen MR) is 61.0 cm³/mol. The Morgan fingerprint density at radius 2 is 2.07 bits per heavy atom. The predicted octanol–water partition coefficient (Wildman–Crippen LogP) is 3.06. The van der Waals surface area contributed by atoms with Crippen molar-refractivity contribution in [2.75, 3.05) is 0 Å². The first-order valence-corrected chi connectivity index (χ1v) is 5.14. The third kappa shape index (κ3) is 1.91. The maximum absolute atomic E-state index is 10.1. The van der Waals surface area contributed by atoms with Crippen molar-refractivity contribution in [3.8, 4) is 0 Å². The Kier molecular flexibility index (Phi) is 2.80. The van der Waals surface area contributed by atoms with E-state index < -0.39 is 6.10 Å². The van der Waals surface area contributed by atoms with Gasteiger partial charge in [0.1, 0.15) is 6.10 Å². The molecule has 1 heterocycles. The highest BCUT2D eigenvalue weighted by Crippen LogP contribution is 2.29. The maximum atomic E-state index is 10.1. The van der Waals surface area contributed by atoms with Gasteiger partial charge in [-0.05, 0) is 24.6 Å². The summed E-state index contributed by atoms with van der Waals surface area (Å²) in [7, 11) is 0. The number of aryl methyl sites for hydroxylation is 1. The summed E-state index contributed by atoms with van der Waals surface area (Å²) in [6.07, 6.45) is 1.09. The zero-order valence-electron chi connectivity index (χ0n) is 8.37. The van der Waals surface area contributed by atoms with Gasteiger partial charge in [0.05, 0.1) is 0 Å². The molecule has 0 bridgehead atoms. The number of aromatic nitrogens is 1. The first-order valence-electron chi connectivity index (χ1n) is 4.76. The molecule has 0 aliphatic rings. The van der Waals surface area contributed by atoms with Crippen LogP contribution in [0.25, 0.3) is 0 Å². The lowest BCUT2D eigenvalue weighted by atomic mass is 10.0. The summed E-state index contributed by atoms with van der Waals surface area (Å²) in [6, 6.07) is 9.34. The fourth-order valence-electron chi connectivity index (χ4n) is 1.56. The van der Waals surface area contributed by atoms with Gasteiger partial charge in [0.25, 0.3) is 0 Å². The third-order valence-corrected chi connectivity index (χ3v) is 2.95. The van der Waals surface area contributed by atoms with E-state index in [4.69, 9.17) is 11.6 Å². The molecule has 3 heteroatoms. The number of aliphatic hydroxyl groups excluding tert-OH is 1. The number of rotatable bonds is 2. The van der Waals surface area contributed by atoms with E-state index in [1.807, 2.05) is 37.3 Å². The summed E-state index contributed by atoms with van der Waals surface area (Å²) in [6.45, 7) is 1.92. The van der Waals surface area contributed by atoms with Crippen molar-refractivity contribution in [1.29, 1.82) is 0 Å². The lowest BCUT2D eigenvalue weighted by Gasteiger charge is -2.12. The van der Waals surface area contributed by atoms with Crippen LogP contribution in [0, 0.1) is 6.92 Å². The Morgan fingerprint density at radius 3 is 2.73 bits per heavy atom. The summed E-state index contributed by atoms with van der Waals surface area (Å²) in [5, 5.41) is 10.7. The van der Waals surface area contributed by atoms with Crippen molar-refractivity contribution in [3.63, 3.8) is 0 Å². The fourth-order valence-corrected chi connectivity index (χ4v) is 1.79. The van der Waals surface area contributed by atoms with E-state index in [2.05, 4.69) is 4.98 Å². The summed E-state index contributed by atoms with van der Waals surface area (Å²) in [4.78, 5) is 2.97. The molecule has 0 aliphatic heterocycles. The molecule has 0 saturated heterocycles. The average molecular weight is 222 g/mol. The van der Waals surface area contributed by atoms with Gasteiger partial charge in [0.2, 0.25) is 0 Å². The van der Waals surface area contributed by atoms with Crippen LogP contribution in [0.5, 0.6) is 0 Å². The van der Waals surface area contributed by atoms with Gasteiger partial charge in [-0.25, -0.2) is 0 Å². The van der Waals surface area contributed by atoms with Gasteiger partial charge in [-0.3, -0.25) is 0 Å². The van der Waals surface area contributed by atoms with Gasteiger partial charge in [0.15, 0.2) is 0 Å². The highest BCUT2D eigenvalue weighted by atomic mass is 35.5. The minimum absolute atomic E-state index is 0.625. The third-order valence-electron chi connectivity index (χ3n) is 2.43. The second-order valence-corrected chi connectivity index (χ2v) is 3.88. The van der Waals surface area contributed by atoms with Crippen LogP contribution in [-0.2, 0) is 0 Å². The molecule has 0 saturated carbocycles. The van der Waals surface area contributed by atoms with Crippen molar-refractivity contribution in [2.24, 2.45) is 0 Å². The van der Waals surface area contributed by atoms with Gasteiger partial charge < -0.3 is 10.1 Å². The second-order valence-electron chi connectivity index (χ2n) is 3.51. The summed E-state index contributed by atoms with van der Waals surface area (Å²) in [5.41, 5.74) is 2.46. The lowest BCUT2D eigenvalue weighted by Crippen LogP contribution is -2.01. The van der Waals surface area contributed by atoms with Crippen LogP contribution in [0.15, 0.2) is 36.5 Å². The Morgan fingerprint density at radius 1 is 1.27 bits per heavy atom. The average Bonchev–Trinajstić information content (AvgIpc) is 2.74. The molecule has 15 heavy (non-hydrogen) atoms. The number of hydrogen-bond donors (Lipinski definition) is 2. The highest BCUT2D eigenvalue weighted by molar-refractivity contribution is 6.32. The normalized spacial score (nSPS) is 12.7. The van der Waals surface area contributed by atoms with Crippen molar-refractivity contribution >= 4 is 11.6 Å². The number of H-pyrrole nitrogens is 1. The number of benzene rings is 1. The smallest absolute Gasteiger partial charge is 0.120 e. The number of hydrogen-bond acceptors (Lipinski definition) is 1. The molecule has 0 radical (unpaired) electrons. The van der Waals surface area contributed by atoms with Crippen LogP contribution in [0.4, 0.5) is 0 Å². The van der Waals surface area contributed by atoms with Crippen LogP contribution in [0.3, 0.4) is 0 Å². The van der Waals surface area contributed by atoms with Crippen LogP contribution in [-0.4, -0.2) is 10.1 Å². The first kappa shape index (κ1) is 10.3. The molecule has 1 aromatic carbocycles. The molecule has 2 nitrogen and oxygen atoms in total. The second kappa shape index (κ2) is 4.09. The fraction of sp³-hybridized carbons (Fsp3) is 0.167. The van der Waals surface area contributed by atoms with Crippen molar-refractivity contribution in [2.45, 2.75) is 13.0 Å². The Hall–Kier alpha value is -1.25. The Balaban J connectivity index is 2.42. The molecule has 0 aliphatic carbocycles. The molecule has 2 rings (SSSR count). The number of aromatic amines is 1. The van der Waals surface area contributed by atoms with E-state index in [1.54, 1.807) is 6.20 Å². The van der Waals surface area contributed by atoms with Gasteiger partial charge >= 0.3 is 0 Å². The zero-order chi connectivity index (χ0) is 10.8. The zero-order valence-corrected chi connectivity index (χ0v) is 9.12. The van der Waals surface area contributed by atoms with Gasteiger partial charge in [-0.2, -0.15) is 0 Å². The minimum atomic E-state index is -0.688. The topological polar surface area (TPSA) is 36.0 Å². The van der Waals surface area contributed by atoms with Crippen molar-refractivity contribution < 1.29 is 5.11 Å². The summed E-state index contributed by atoms with van der Waals surface area (Å²) >= 11 is 6.13. The quantitative estimate of drug-likeness (QED) is 0.804. The van der Waals surface area contributed by atoms with E-state index >= 15 is 0 Å². The highest BCUT2D eigenvalue weighted by Gasteiger charge is 2.14. The van der Waals surface area contributed by atoms with Crippen LogP contribution >= 0.6 is 11.6 Å². The van der Waals surface area contributed by atoms with E-state index in [0.29, 0.717) is 5.02 Å². The lowest BCUT2D eigenvalue weighted by molar-refractivity contribution is 0.216. The molecule has 1 aromatic heterocycles. The molecular weight excluding hydrogens is 210 g/mol. The molecule has 0 fully saturated rings. The van der Waals surface area contributed by atoms with Crippen molar-refractivity contribution in [1.82, 2.24) is 4.98 Å². The van der Waals surface area contributed by atoms with Gasteiger partial charge in [0, 0.05) is 22.5 Å². The molecule has 0 amide bonds. The monoisotopic (exact) mass is 221 g/mol. The molecule has 78 valence electrons. The molecule has 2 aromatic rings. The Labute approximate surface area is 93.5 Å². The summed E-state index contributed by atoms with van der Waals surface area (Å²) < 4.78 is 0. The van der Waals surface area contributed by atoms with E-state index in [-0.39, 0.29) is 0 Å². The maximum Gasteiger partial charge on any atom is 0.120 e. The number of nitrogens with one attached hydrogen (secondary N) is 1. The van der Waals surface area contributed by atoms with Gasteiger partial charge in [-0.15, -0.1) is 0 Å². The molecule has 0 spiro atoms. The minimum Gasteiger partial charge on any atom is -0.382 e. The first-order chi connectivity index (χ1) is 7.20. The summed E-state index contributed by atoms with van der Waals surface area (Å²) in [5.74, 6) is 0. The van der Waals surface area contributed by atoms with Crippen molar-refractivity contribution in [3.05, 3.63) is 58.4 Å². The Bertz CT molecular complexity index is 451. The van der Waals surface area contributed by atoms with Gasteiger partial charge in [-0.1, -0.05) is 29.8 Å². The SMILES string of the molecule is Cc1cccc(C(O)c2ccc[nH]2)c1Cl. The van der Waals surface area contributed by atoms with E-state index in [1.165, 1.54) is 0 Å². The van der Waals surface area contributed by atoms with Crippen LogP contribution in [0.2, 0.25) is 5.02 Å². The number of aliphatic hydroxyl groups is 1. The molecular formula is C12H12ClNO. The van der Waals surface area contributed by atoms with Crippen LogP contribution in [0.1, 0.15) is 22.9 Å². The van der Waals surface area contributed by atoms with Crippen LogP contribution < -0.4 is 0 Å². The van der Waals surface area contributed by atoms with E-state index in [0.717, 1.165) is 16.8 Å². The standard InChI is InChI=1S/C12H12ClNO/c1-8-4-2-5-9(11(8)13)12(15)10-6-3-7-14-10/h2-7,12,14-15H,1H3. The van der Waals surface area contributed by atoms with E-state index in [9.17, 15) is 5.11 Å². The largest absolute Gasteiger partial charge is 0.382 e. The molecule has 1 unspecified atom stereocenters. The molecule has 2 N–H and O–H groups in total. The number of halogens is 1.